The van der Waals surface area contributed by atoms with E-state index in [2.05, 4.69) is 34.5 Å². The van der Waals surface area contributed by atoms with Crippen molar-refractivity contribution >= 4 is 11.7 Å². The van der Waals surface area contributed by atoms with E-state index in [-0.39, 0.29) is 6.03 Å². The topological polar surface area (TPSA) is 35.6 Å². The third-order valence-electron chi connectivity index (χ3n) is 5.17. The number of aryl methyl sites for hydroxylation is 1. The Bertz CT molecular complexity index is 708. The van der Waals surface area contributed by atoms with Crippen LogP contribution in [0, 0.1) is 0 Å². The summed E-state index contributed by atoms with van der Waals surface area (Å²) in [4.78, 5) is 16.9. The van der Waals surface area contributed by atoms with E-state index < -0.39 is 0 Å². The normalized spacial score (nSPS) is 20.7. The molecule has 1 unspecified atom stereocenters. The highest BCUT2D eigenvalue weighted by atomic mass is 16.2. The number of anilines is 1. The summed E-state index contributed by atoms with van der Waals surface area (Å²) in [7, 11) is 0. The largest absolute Gasteiger partial charge is 0.322 e. The van der Waals surface area contributed by atoms with Gasteiger partial charge >= 0.3 is 6.03 Å². The molecule has 1 atom stereocenters. The number of piperazine rings is 1. The second kappa shape index (κ2) is 6.65. The molecule has 2 aromatic carbocycles. The molecule has 4 heteroatoms. The van der Waals surface area contributed by atoms with Crippen molar-refractivity contribution < 1.29 is 4.79 Å². The van der Waals surface area contributed by atoms with Crippen LogP contribution < -0.4 is 5.32 Å². The summed E-state index contributed by atoms with van der Waals surface area (Å²) in [6, 6.07) is 19.0. The van der Waals surface area contributed by atoms with Crippen LogP contribution in [-0.4, -0.2) is 42.0 Å². The highest BCUT2D eigenvalue weighted by Crippen LogP contribution is 2.35. The number of hydrogen-bond donors (Lipinski definition) is 1. The van der Waals surface area contributed by atoms with Gasteiger partial charge in [-0.2, -0.15) is 0 Å². The monoisotopic (exact) mass is 321 g/mol. The minimum atomic E-state index is 0.00710. The minimum Gasteiger partial charge on any atom is -0.322 e. The first-order valence-corrected chi connectivity index (χ1v) is 8.74. The maximum Gasteiger partial charge on any atom is 0.321 e. The first-order chi connectivity index (χ1) is 11.8. The number of urea groups is 1. The maximum atomic E-state index is 12.4. The Kier molecular flexibility index (Phi) is 4.22. The van der Waals surface area contributed by atoms with Crippen LogP contribution in [0.3, 0.4) is 0 Å². The van der Waals surface area contributed by atoms with Gasteiger partial charge in [0.1, 0.15) is 0 Å². The average Bonchev–Trinajstić information content (AvgIpc) is 3.07. The highest BCUT2D eigenvalue weighted by Gasteiger charge is 2.30. The molecule has 2 amide bonds. The lowest BCUT2D eigenvalue weighted by Crippen LogP contribution is -2.50. The predicted octanol–water partition coefficient (Wildman–Crippen LogP) is 3.52. The van der Waals surface area contributed by atoms with Gasteiger partial charge in [-0.25, -0.2) is 4.79 Å². The van der Waals surface area contributed by atoms with Crippen LogP contribution in [0.2, 0.25) is 0 Å². The number of nitrogens with one attached hydrogen (secondary N) is 1. The van der Waals surface area contributed by atoms with Crippen molar-refractivity contribution in [2.75, 3.05) is 31.5 Å². The van der Waals surface area contributed by atoms with Gasteiger partial charge in [0.15, 0.2) is 0 Å². The molecule has 2 aliphatic rings. The van der Waals surface area contributed by atoms with Gasteiger partial charge in [0.25, 0.3) is 0 Å². The van der Waals surface area contributed by atoms with E-state index in [9.17, 15) is 4.79 Å². The standard InChI is InChI=1S/C20H23N3O/c24-20(21-17-7-2-1-3-8-17)23-14-12-22(13-15-23)19-11-10-16-6-4-5-9-18(16)19/h1-9,19H,10-15H2,(H,21,24). The number of carbonyl (C=O) groups is 1. The SMILES string of the molecule is O=C(Nc1ccccc1)N1CCN(C2CCc3ccccc32)CC1. The van der Waals surface area contributed by atoms with E-state index in [0.29, 0.717) is 6.04 Å². The predicted molar refractivity (Wildman–Crippen MR) is 96.1 cm³/mol. The Morgan fingerprint density at radius 1 is 0.917 bits per heavy atom. The quantitative estimate of drug-likeness (QED) is 0.918. The molecular weight excluding hydrogens is 298 g/mol. The summed E-state index contributed by atoms with van der Waals surface area (Å²) in [5, 5.41) is 2.98. The van der Waals surface area contributed by atoms with Gasteiger partial charge in [-0.3, -0.25) is 4.90 Å². The van der Waals surface area contributed by atoms with E-state index in [1.54, 1.807) is 0 Å². The molecule has 1 saturated heterocycles. The van der Waals surface area contributed by atoms with E-state index in [1.807, 2.05) is 35.2 Å². The maximum absolute atomic E-state index is 12.4. The molecule has 124 valence electrons. The molecule has 0 spiro atoms. The van der Waals surface area contributed by atoms with Crippen molar-refractivity contribution in [1.82, 2.24) is 9.80 Å². The summed E-state index contributed by atoms with van der Waals surface area (Å²) in [6.07, 6.45) is 2.38. The van der Waals surface area contributed by atoms with Crippen molar-refractivity contribution in [3.05, 3.63) is 65.7 Å². The number of carbonyl (C=O) groups excluding carboxylic acids is 1. The van der Waals surface area contributed by atoms with Crippen LogP contribution in [0.25, 0.3) is 0 Å². The van der Waals surface area contributed by atoms with Gasteiger partial charge in [-0.1, -0.05) is 42.5 Å². The molecule has 1 aliphatic heterocycles. The summed E-state index contributed by atoms with van der Waals surface area (Å²) < 4.78 is 0. The molecule has 4 rings (SSSR count). The first-order valence-electron chi connectivity index (χ1n) is 8.74. The summed E-state index contributed by atoms with van der Waals surface area (Å²) in [5.74, 6) is 0. The van der Waals surface area contributed by atoms with Crippen LogP contribution in [0.1, 0.15) is 23.6 Å². The van der Waals surface area contributed by atoms with Crippen molar-refractivity contribution in [2.45, 2.75) is 18.9 Å². The summed E-state index contributed by atoms with van der Waals surface area (Å²) >= 11 is 0. The highest BCUT2D eigenvalue weighted by molar-refractivity contribution is 5.89. The van der Waals surface area contributed by atoms with Gasteiger partial charge in [0, 0.05) is 37.9 Å². The molecule has 0 bridgehead atoms. The van der Waals surface area contributed by atoms with Gasteiger partial charge in [-0.15, -0.1) is 0 Å². The zero-order valence-corrected chi connectivity index (χ0v) is 13.8. The van der Waals surface area contributed by atoms with Crippen molar-refractivity contribution in [3.63, 3.8) is 0 Å². The fraction of sp³-hybridized carbons (Fsp3) is 0.350. The van der Waals surface area contributed by atoms with Gasteiger partial charge < -0.3 is 10.2 Å². The number of amides is 2. The molecule has 24 heavy (non-hydrogen) atoms. The molecule has 1 N–H and O–H groups in total. The summed E-state index contributed by atoms with van der Waals surface area (Å²) in [6.45, 7) is 3.47. The smallest absolute Gasteiger partial charge is 0.321 e. The van der Waals surface area contributed by atoms with Crippen LogP contribution >= 0.6 is 0 Å². The number of fused-ring (bicyclic) bond motifs is 1. The lowest BCUT2D eigenvalue weighted by atomic mass is 10.1. The number of rotatable bonds is 2. The molecule has 0 saturated carbocycles. The number of benzene rings is 2. The Hall–Kier alpha value is -2.33. The van der Waals surface area contributed by atoms with Gasteiger partial charge in [0.05, 0.1) is 0 Å². The Labute approximate surface area is 143 Å². The Morgan fingerprint density at radius 2 is 1.62 bits per heavy atom. The average molecular weight is 321 g/mol. The third kappa shape index (κ3) is 3.02. The van der Waals surface area contributed by atoms with E-state index in [4.69, 9.17) is 0 Å². The number of nitrogens with zero attached hydrogens (tertiary/aromatic N) is 2. The van der Waals surface area contributed by atoms with E-state index in [1.165, 1.54) is 24.0 Å². The molecule has 2 aromatic rings. The van der Waals surface area contributed by atoms with Crippen molar-refractivity contribution in [1.29, 1.82) is 0 Å². The minimum absolute atomic E-state index is 0.00710. The second-order valence-corrected chi connectivity index (χ2v) is 6.57. The molecule has 0 aromatic heterocycles. The molecule has 1 aliphatic carbocycles. The van der Waals surface area contributed by atoms with E-state index >= 15 is 0 Å². The zero-order valence-electron chi connectivity index (χ0n) is 13.8. The first kappa shape index (κ1) is 15.2. The third-order valence-corrected chi connectivity index (χ3v) is 5.17. The second-order valence-electron chi connectivity index (χ2n) is 6.57. The summed E-state index contributed by atoms with van der Waals surface area (Å²) in [5.41, 5.74) is 3.83. The number of para-hydroxylation sites is 1. The molecular formula is C20H23N3O. The van der Waals surface area contributed by atoms with Crippen molar-refractivity contribution in [2.24, 2.45) is 0 Å². The van der Waals surface area contributed by atoms with Crippen molar-refractivity contribution in [3.8, 4) is 0 Å². The fourth-order valence-corrected chi connectivity index (χ4v) is 3.87. The van der Waals surface area contributed by atoms with Crippen LogP contribution in [0.5, 0.6) is 0 Å². The van der Waals surface area contributed by atoms with E-state index in [0.717, 1.165) is 31.9 Å². The fourth-order valence-electron chi connectivity index (χ4n) is 3.87. The van der Waals surface area contributed by atoms with Crippen LogP contribution in [-0.2, 0) is 6.42 Å². The lowest BCUT2D eigenvalue weighted by molar-refractivity contribution is 0.113. The molecule has 1 heterocycles. The Morgan fingerprint density at radius 3 is 2.42 bits per heavy atom. The molecule has 0 radical (unpaired) electrons. The number of hydrogen-bond acceptors (Lipinski definition) is 2. The van der Waals surface area contributed by atoms with Crippen LogP contribution in [0.4, 0.5) is 10.5 Å². The van der Waals surface area contributed by atoms with Gasteiger partial charge in [0.2, 0.25) is 0 Å². The lowest BCUT2D eigenvalue weighted by Gasteiger charge is -2.38. The zero-order chi connectivity index (χ0) is 16.4. The molecule has 1 fully saturated rings. The Balaban J connectivity index is 1.35. The van der Waals surface area contributed by atoms with Gasteiger partial charge in [-0.05, 0) is 36.1 Å². The van der Waals surface area contributed by atoms with Crippen LogP contribution in [0.15, 0.2) is 54.6 Å². The molecule has 4 nitrogen and oxygen atoms in total.